The number of rotatable bonds is 6. The van der Waals surface area contributed by atoms with Crippen LogP contribution in [0.3, 0.4) is 0 Å². The van der Waals surface area contributed by atoms with E-state index in [4.69, 9.17) is 11.5 Å². The average Bonchev–Trinajstić information content (AvgIpc) is 3.04. The Morgan fingerprint density at radius 3 is 2.55 bits per heavy atom. The van der Waals surface area contributed by atoms with E-state index in [2.05, 4.69) is 12.2 Å². The number of primary amides is 1. The number of Topliss-reactive ketones (excluding diaryl/α,β-unsaturated/α-hetero) is 1. The molecule has 1 aromatic heterocycles. The van der Waals surface area contributed by atoms with Crippen molar-refractivity contribution in [2.45, 2.75) is 39.7 Å². The van der Waals surface area contributed by atoms with Gasteiger partial charge in [-0.15, -0.1) is 11.3 Å². The highest BCUT2D eigenvalue weighted by Crippen LogP contribution is 2.42. The van der Waals surface area contributed by atoms with Crippen LogP contribution in [-0.2, 0) is 0 Å². The number of nitrogen functional groups attached to an aromatic ring is 1. The number of anilines is 2. The Morgan fingerprint density at radius 2 is 2.10 bits per heavy atom. The van der Waals surface area contributed by atoms with Crippen molar-refractivity contribution in [1.82, 2.24) is 0 Å². The summed E-state index contributed by atoms with van der Waals surface area (Å²) in [5.41, 5.74) is 11.8. The highest BCUT2D eigenvalue weighted by atomic mass is 32.1. The molecular formula is C14H21N3O2S. The van der Waals surface area contributed by atoms with Crippen LogP contribution in [0.2, 0.25) is 0 Å². The zero-order valence-corrected chi connectivity index (χ0v) is 12.8. The van der Waals surface area contributed by atoms with Crippen LogP contribution >= 0.6 is 11.3 Å². The summed E-state index contributed by atoms with van der Waals surface area (Å²) >= 11 is 1.25. The van der Waals surface area contributed by atoms with Crippen LogP contribution < -0.4 is 16.8 Å². The number of ketones is 1. The number of nitrogens with two attached hydrogens (primary N) is 2. The van der Waals surface area contributed by atoms with E-state index >= 15 is 0 Å². The molecule has 110 valence electrons. The zero-order chi connectivity index (χ0) is 15.0. The molecule has 1 amide bonds. The molecule has 2 atom stereocenters. The van der Waals surface area contributed by atoms with E-state index in [0.717, 1.165) is 12.8 Å². The molecule has 5 N–H and O–H groups in total. The fraction of sp³-hybridized carbons (Fsp3) is 0.571. The zero-order valence-electron chi connectivity index (χ0n) is 12.0. The average molecular weight is 295 g/mol. The van der Waals surface area contributed by atoms with Crippen LogP contribution in [0.5, 0.6) is 0 Å². The number of carbonyl (C=O) groups is 2. The quantitative estimate of drug-likeness (QED) is 0.702. The summed E-state index contributed by atoms with van der Waals surface area (Å²) in [4.78, 5) is 24.2. The molecule has 2 unspecified atom stereocenters. The van der Waals surface area contributed by atoms with E-state index in [-0.39, 0.29) is 23.0 Å². The molecule has 1 aliphatic rings. The molecule has 1 aliphatic carbocycles. The van der Waals surface area contributed by atoms with Crippen molar-refractivity contribution in [3.8, 4) is 0 Å². The van der Waals surface area contributed by atoms with E-state index in [0.29, 0.717) is 21.8 Å². The van der Waals surface area contributed by atoms with Crippen molar-refractivity contribution in [2.75, 3.05) is 11.1 Å². The van der Waals surface area contributed by atoms with Gasteiger partial charge in [-0.2, -0.15) is 0 Å². The molecule has 0 radical (unpaired) electrons. The molecule has 1 fully saturated rings. The Morgan fingerprint density at radius 1 is 1.45 bits per heavy atom. The molecule has 1 aromatic rings. The topological polar surface area (TPSA) is 98.2 Å². The number of carbonyl (C=O) groups excluding carboxylic acids is 2. The Bertz CT molecular complexity index is 551. The summed E-state index contributed by atoms with van der Waals surface area (Å²) in [5.74, 6) is -0.166. The van der Waals surface area contributed by atoms with Crippen molar-refractivity contribution >= 4 is 33.7 Å². The van der Waals surface area contributed by atoms with Gasteiger partial charge in [-0.25, -0.2) is 0 Å². The van der Waals surface area contributed by atoms with Gasteiger partial charge in [0.05, 0.1) is 16.1 Å². The standard InChI is InChI=1S/C14H21N3O2S/c1-4-7-5-8(7)17-14-9(13(16)19)10(15)12(20-14)11(18)6(2)3/h6-8,17H,4-5,15H2,1-3H3,(H2,16,19). The predicted molar refractivity (Wildman–Crippen MR) is 82.2 cm³/mol. The minimum Gasteiger partial charge on any atom is -0.397 e. The van der Waals surface area contributed by atoms with Gasteiger partial charge in [-0.3, -0.25) is 9.59 Å². The fourth-order valence-corrected chi connectivity index (χ4v) is 3.55. The second-order valence-electron chi connectivity index (χ2n) is 5.59. The molecule has 0 bridgehead atoms. The Kier molecular flexibility index (Phi) is 4.04. The minimum absolute atomic E-state index is 0.0501. The van der Waals surface area contributed by atoms with E-state index in [1.54, 1.807) is 0 Å². The number of nitrogens with one attached hydrogen (secondary N) is 1. The Balaban J connectivity index is 2.33. The summed E-state index contributed by atoms with van der Waals surface area (Å²) in [6, 6.07) is 0.359. The lowest BCUT2D eigenvalue weighted by atomic mass is 10.1. The number of amides is 1. The molecule has 0 aliphatic heterocycles. The summed E-state index contributed by atoms with van der Waals surface area (Å²) < 4.78 is 0. The molecule has 0 aromatic carbocycles. The maximum absolute atomic E-state index is 12.1. The summed E-state index contributed by atoms with van der Waals surface area (Å²) in [6.45, 7) is 5.76. The lowest BCUT2D eigenvalue weighted by molar-refractivity contribution is 0.0944. The van der Waals surface area contributed by atoms with E-state index in [1.807, 2.05) is 13.8 Å². The van der Waals surface area contributed by atoms with Crippen molar-refractivity contribution in [2.24, 2.45) is 17.6 Å². The maximum atomic E-state index is 12.1. The molecule has 20 heavy (non-hydrogen) atoms. The molecule has 2 rings (SSSR count). The van der Waals surface area contributed by atoms with Crippen LogP contribution in [0.25, 0.3) is 0 Å². The monoisotopic (exact) mass is 295 g/mol. The van der Waals surface area contributed by atoms with Gasteiger partial charge < -0.3 is 16.8 Å². The summed E-state index contributed by atoms with van der Waals surface area (Å²) in [5, 5.41) is 3.95. The van der Waals surface area contributed by atoms with Gasteiger partial charge in [0.15, 0.2) is 5.78 Å². The highest BCUT2D eigenvalue weighted by Gasteiger charge is 2.37. The fourth-order valence-electron chi connectivity index (χ4n) is 2.28. The molecular weight excluding hydrogens is 274 g/mol. The number of hydrogen-bond donors (Lipinski definition) is 3. The summed E-state index contributed by atoms with van der Waals surface area (Å²) in [6.07, 6.45) is 2.18. The third kappa shape index (κ3) is 2.65. The first-order valence-electron chi connectivity index (χ1n) is 6.89. The van der Waals surface area contributed by atoms with Gasteiger partial charge in [0.1, 0.15) is 5.00 Å². The number of thiophene rings is 1. The van der Waals surface area contributed by atoms with Crippen LogP contribution in [0.4, 0.5) is 10.7 Å². The summed E-state index contributed by atoms with van der Waals surface area (Å²) in [7, 11) is 0. The van der Waals surface area contributed by atoms with Crippen molar-refractivity contribution in [3.05, 3.63) is 10.4 Å². The SMILES string of the molecule is CCC1CC1Nc1sc(C(=O)C(C)C)c(N)c1C(N)=O. The predicted octanol–water partition coefficient (Wildman–Crippen LogP) is 2.48. The van der Waals surface area contributed by atoms with Gasteiger partial charge in [-0.1, -0.05) is 27.2 Å². The number of hydrogen-bond acceptors (Lipinski definition) is 5. The van der Waals surface area contributed by atoms with Crippen molar-refractivity contribution in [3.63, 3.8) is 0 Å². The molecule has 0 saturated heterocycles. The van der Waals surface area contributed by atoms with E-state index < -0.39 is 5.91 Å². The van der Waals surface area contributed by atoms with Gasteiger partial charge in [-0.05, 0) is 12.3 Å². The Labute approximate surface area is 122 Å². The van der Waals surface area contributed by atoms with Crippen LogP contribution in [0, 0.1) is 11.8 Å². The smallest absolute Gasteiger partial charge is 0.253 e. The molecule has 1 saturated carbocycles. The first-order chi connectivity index (χ1) is 9.36. The lowest BCUT2D eigenvalue weighted by Gasteiger charge is -2.04. The molecule has 0 spiro atoms. The minimum atomic E-state index is -0.585. The van der Waals surface area contributed by atoms with Gasteiger partial charge in [0.25, 0.3) is 5.91 Å². The maximum Gasteiger partial charge on any atom is 0.253 e. The van der Waals surface area contributed by atoms with Crippen molar-refractivity contribution < 1.29 is 9.59 Å². The van der Waals surface area contributed by atoms with Crippen molar-refractivity contribution in [1.29, 1.82) is 0 Å². The van der Waals surface area contributed by atoms with Crippen LogP contribution in [0.1, 0.15) is 53.6 Å². The van der Waals surface area contributed by atoms with Gasteiger partial charge in [0, 0.05) is 12.0 Å². The Hall–Kier alpha value is -1.56. The van der Waals surface area contributed by atoms with E-state index in [9.17, 15) is 9.59 Å². The third-order valence-electron chi connectivity index (χ3n) is 3.70. The van der Waals surface area contributed by atoms with Gasteiger partial charge >= 0.3 is 0 Å². The largest absolute Gasteiger partial charge is 0.397 e. The normalized spacial score (nSPS) is 21.0. The molecule has 5 nitrogen and oxygen atoms in total. The third-order valence-corrected chi connectivity index (χ3v) is 4.85. The second kappa shape index (κ2) is 5.44. The lowest BCUT2D eigenvalue weighted by Crippen LogP contribution is -2.16. The van der Waals surface area contributed by atoms with E-state index in [1.165, 1.54) is 11.3 Å². The van der Waals surface area contributed by atoms with Crippen LogP contribution in [-0.4, -0.2) is 17.7 Å². The second-order valence-corrected chi connectivity index (χ2v) is 6.61. The first-order valence-corrected chi connectivity index (χ1v) is 7.71. The molecule has 1 heterocycles. The first kappa shape index (κ1) is 14.8. The highest BCUT2D eigenvalue weighted by molar-refractivity contribution is 7.19. The van der Waals surface area contributed by atoms with Gasteiger partial charge in [0.2, 0.25) is 0 Å². The van der Waals surface area contributed by atoms with Crippen LogP contribution in [0.15, 0.2) is 0 Å². The molecule has 6 heteroatoms.